The molecule has 0 radical (unpaired) electrons. The first-order valence-electron chi connectivity index (χ1n) is 7.15. The number of halogens is 1. The maximum atomic E-state index is 5.98. The summed E-state index contributed by atoms with van der Waals surface area (Å²) in [4.78, 5) is 13.2. The molecule has 0 bridgehead atoms. The number of rotatable bonds is 3. The smallest absolute Gasteiger partial charge is 0.298 e. The van der Waals surface area contributed by atoms with Crippen LogP contribution in [0.1, 0.15) is 0 Å². The van der Waals surface area contributed by atoms with Crippen LogP contribution in [0.4, 0.5) is 11.8 Å². The third-order valence-corrected chi connectivity index (χ3v) is 4.26. The summed E-state index contributed by atoms with van der Waals surface area (Å²) in [5.41, 5.74) is 1.54. The molecule has 0 unspecified atom stereocenters. The van der Waals surface area contributed by atoms with Crippen LogP contribution in [0.5, 0.6) is 0 Å². The highest BCUT2D eigenvalue weighted by Crippen LogP contribution is 2.28. The Morgan fingerprint density at radius 3 is 2.91 bits per heavy atom. The van der Waals surface area contributed by atoms with E-state index in [9.17, 15) is 0 Å². The molecule has 1 aromatic carbocycles. The largest absolute Gasteiger partial charge is 0.423 e. The number of anilines is 2. The molecule has 1 aliphatic heterocycles. The number of oxazole rings is 1. The summed E-state index contributed by atoms with van der Waals surface area (Å²) in [5.74, 6) is 1.01. The number of nitrogens with zero attached hydrogens (tertiary/aromatic N) is 4. The van der Waals surface area contributed by atoms with Crippen molar-refractivity contribution in [2.45, 2.75) is 6.04 Å². The van der Waals surface area contributed by atoms with Crippen molar-refractivity contribution < 1.29 is 4.42 Å². The highest BCUT2D eigenvalue weighted by atomic mass is 35.5. The van der Waals surface area contributed by atoms with E-state index in [1.807, 2.05) is 43.6 Å². The lowest BCUT2D eigenvalue weighted by molar-refractivity contribution is 0.457. The summed E-state index contributed by atoms with van der Waals surface area (Å²) in [6.07, 6.45) is 1.82. The van der Waals surface area contributed by atoms with Gasteiger partial charge in [0.15, 0.2) is 5.58 Å². The maximum absolute atomic E-state index is 5.98. The van der Waals surface area contributed by atoms with E-state index >= 15 is 0 Å². The zero-order valence-electron chi connectivity index (χ0n) is 12.1. The van der Waals surface area contributed by atoms with Gasteiger partial charge < -0.3 is 14.2 Å². The molecule has 3 aromatic rings. The van der Waals surface area contributed by atoms with Crippen molar-refractivity contribution in [2.24, 2.45) is 0 Å². The fraction of sp³-hybridized carbons (Fsp3) is 0.250. The summed E-state index contributed by atoms with van der Waals surface area (Å²) in [6.45, 7) is 1.82. The van der Waals surface area contributed by atoms with Gasteiger partial charge in [-0.25, -0.2) is 4.98 Å². The first-order valence-corrected chi connectivity index (χ1v) is 7.53. The molecule has 3 heterocycles. The third kappa shape index (κ3) is 2.27. The minimum Gasteiger partial charge on any atom is -0.423 e. The van der Waals surface area contributed by atoms with Gasteiger partial charge in [0.2, 0.25) is 0 Å². The molecule has 2 aromatic heterocycles. The van der Waals surface area contributed by atoms with Gasteiger partial charge in [-0.15, -0.1) is 0 Å². The zero-order valence-corrected chi connectivity index (χ0v) is 12.9. The predicted octanol–water partition coefficient (Wildman–Crippen LogP) is 3.20. The first kappa shape index (κ1) is 13.4. The Hall–Kier alpha value is -2.27. The molecular weight excluding hydrogens is 300 g/mol. The standard InChI is InChI=1S/C16H15ClN4O/c1-20(12-9-21(10-12)15-4-2-3-7-18-15)16-19-13-6-5-11(17)8-14(13)22-16/h2-8,12H,9-10H2,1H3. The van der Waals surface area contributed by atoms with E-state index in [4.69, 9.17) is 16.0 Å². The predicted molar refractivity (Wildman–Crippen MR) is 87.7 cm³/mol. The van der Waals surface area contributed by atoms with Gasteiger partial charge in [0, 0.05) is 37.4 Å². The van der Waals surface area contributed by atoms with Gasteiger partial charge in [-0.1, -0.05) is 17.7 Å². The van der Waals surface area contributed by atoms with Crippen LogP contribution in [0.25, 0.3) is 11.1 Å². The Morgan fingerprint density at radius 2 is 2.14 bits per heavy atom. The zero-order chi connectivity index (χ0) is 15.1. The lowest BCUT2D eigenvalue weighted by Gasteiger charge is -2.44. The molecule has 1 fully saturated rings. The summed E-state index contributed by atoms with van der Waals surface area (Å²) in [6, 6.07) is 12.4. The van der Waals surface area contributed by atoms with Crippen molar-refractivity contribution in [1.82, 2.24) is 9.97 Å². The van der Waals surface area contributed by atoms with E-state index < -0.39 is 0 Å². The number of fused-ring (bicyclic) bond motifs is 1. The Kier molecular flexibility index (Phi) is 3.15. The second-order valence-corrected chi connectivity index (χ2v) is 5.90. The van der Waals surface area contributed by atoms with E-state index in [1.54, 1.807) is 6.07 Å². The second-order valence-electron chi connectivity index (χ2n) is 5.47. The molecule has 0 atom stereocenters. The van der Waals surface area contributed by atoms with Crippen LogP contribution in [0.15, 0.2) is 47.0 Å². The van der Waals surface area contributed by atoms with Gasteiger partial charge >= 0.3 is 0 Å². The van der Waals surface area contributed by atoms with Crippen molar-refractivity contribution in [2.75, 3.05) is 29.9 Å². The number of likely N-dealkylation sites (N-methyl/N-ethyl adjacent to an activating group) is 1. The highest BCUT2D eigenvalue weighted by molar-refractivity contribution is 6.31. The van der Waals surface area contributed by atoms with Crippen LogP contribution >= 0.6 is 11.6 Å². The maximum Gasteiger partial charge on any atom is 0.298 e. The Labute approximate surface area is 133 Å². The molecule has 5 nitrogen and oxygen atoms in total. The quantitative estimate of drug-likeness (QED) is 0.743. The van der Waals surface area contributed by atoms with Crippen LogP contribution < -0.4 is 9.80 Å². The average Bonchev–Trinajstić information content (AvgIpc) is 2.89. The minimum absolute atomic E-state index is 0.366. The number of pyridine rings is 1. The van der Waals surface area contributed by atoms with Crippen LogP contribution in [0.2, 0.25) is 5.02 Å². The molecule has 0 spiro atoms. The Balaban J connectivity index is 1.49. The fourth-order valence-corrected chi connectivity index (χ4v) is 2.78. The Morgan fingerprint density at radius 1 is 1.27 bits per heavy atom. The lowest BCUT2D eigenvalue weighted by atomic mass is 10.1. The fourth-order valence-electron chi connectivity index (χ4n) is 2.62. The van der Waals surface area contributed by atoms with E-state index in [2.05, 4.69) is 19.8 Å². The SMILES string of the molecule is CN(c1nc2ccc(Cl)cc2o1)C1CN(c2ccccn2)C1. The topological polar surface area (TPSA) is 45.4 Å². The second kappa shape index (κ2) is 5.18. The Bertz CT molecular complexity index is 798. The van der Waals surface area contributed by atoms with Crippen molar-refractivity contribution in [1.29, 1.82) is 0 Å². The normalized spacial score (nSPS) is 15.1. The molecule has 112 valence electrons. The summed E-state index contributed by atoms with van der Waals surface area (Å²) in [5, 5.41) is 0.655. The van der Waals surface area contributed by atoms with Crippen LogP contribution in [-0.2, 0) is 0 Å². The van der Waals surface area contributed by atoms with Crippen molar-refractivity contribution in [3.05, 3.63) is 47.6 Å². The molecule has 6 heteroatoms. The van der Waals surface area contributed by atoms with E-state index in [1.165, 1.54) is 0 Å². The van der Waals surface area contributed by atoms with Crippen molar-refractivity contribution >= 4 is 34.5 Å². The van der Waals surface area contributed by atoms with E-state index in [0.717, 1.165) is 30.0 Å². The van der Waals surface area contributed by atoms with Crippen molar-refractivity contribution in [3.63, 3.8) is 0 Å². The molecule has 4 rings (SSSR count). The average molecular weight is 315 g/mol. The monoisotopic (exact) mass is 314 g/mol. The molecule has 0 aliphatic carbocycles. The summed E-state index contributed by atoms with van der Waals surface area (Å²) < 4.78 is 5.80. The van der Waals surface area contributed by atoms with E-state index in [0.29, 0.717) is 17.1 Å². The summed E-state index contributed by atoms with van der Waals surface area (Å²) in [7, 11) is 2.01. The van der Waals surface area contributed by atoms with Crippen LogP contribution in [0.3, 0.4) is 0 Å². The van der Waals surface area contributed by atoms with Gasteiger partial charge in [0.05, 0.1) is 6.04 Å². The van der Waals surface area contributed by atoms with Gasteiger partial charge in [0.1, 0.15) is 11.3 Å². The molecule has 0 N–H and O–H groups in total. The first-order chi connectivity index (χ1) is 10.7. The highest BCUT2D eigenvalue weighted by Gasteiger charge is 2.32. The molecule has 1 aliphatic rings. The number of aromatic nitrogens is 2. The number of benzene rings is 1. The van der Waals surface area contributed by atoms with Crippen molar-refractivity contribution in [3.8, 4) is 0 Å². The van der Waals surface area contributed by atoms with Gasteiger partial charge in [-0.2, -0.15) is 4.98 Å². The van der Waals surface area contributed by atoms with Crippen LogP contribution in [0, 0.1) is 0 Å². The lowest BCUT2D eigenvalue weighted by Crippen LogP contribution is -2.59. The van der Waals surface area contributed by atoms with Crippen LogP contribution in [-0.4, -0.2) is 36.1 Å². The number of hydrogen-bond acceptors (Lipinski definition) is 5. The molecule has 22 heavy (non-hydrogen) atoms. The molecule has 1 saturated heterocycles. The minimum atomic E-state index is 0.366. The number of hydrogen-bond donors (Lipinski definition) is 0. The molecule has 0 saturated carbocycles. The molecule has 0 amide bonds. The molecular formula is C16H15ClN4O. The van der Waals surface area contributed by atoms with Gasteiger partial charge in [-0.3, -0.25) is 0 Å². The van der Waals surface area contributed by atoms with Gasteiger partial charge in [-0.05, 0) is 24.3 Å². The third-order valence-electron chi connectivity index (χ3n) is 4.02. The van der Waals surface area contributed by atoms with Gasteiger partial charge in [0.25, 0.3) is 6.01 Å². The van der Waals surface area contributed by atoms with E-state index in [-0.39, 0.29) is 0 Å². The summed E-state index contributed by atoms with van der Waals surface area (Å²) >= 11 is 5.98.